The van der Waals surface area contributed by atoms with Crippen LogP contribution in [0.25, 0.3) is 0 Å². The molecule has 0 bridgehead atoms. The van der Waals surface area contributed by atoms with Gasteiger partial charge in [-0.05, 0) is 133 Å². The second-order valence-electron chi connectivity index (χ2n) is 13.9. The summed E-state index contributed by atoms with van der Waals surface area (Å²) in [7, 11) is 0. The first-order valence-corrected chi connectivity index (χ1v) is 17.9. The van der Waals surface area contributed by atoms with Crippen LogP contribution in [0, 0.1) is 17.8 Å². The standard InChI is InChI=1S/C46H42N2/c1-5-16-34(17-6-1)47(35-18-7-2-8-19-35)38-26-29-41-42-30-27-39(48(36-20-9-3-10-21-36)37-22-11-4-12-23-37)32-45(42)46-40-24-14-13-15-33(40)25-28-43(46)44(41)31-38/h1,3-7,9-13,15-23,25-27,29-32,40,42-43,45-46H,2,8,14,24,28H2. The Morgan fingerprint density at radius 1 is 0.521 bits per heavy atom. The largest absolute Gasteiger partial charge is 0.311 e. The molecule has 5 atom stereocenters. The molecule has 0 aliphatic heterocycles. The molecule has 2 nitrogen and oxygen atoms in total. The summed E-state index contributed by atoms with van der Waals surface area (Å²) in [6, 6.07) is 40.1. The van der Waals surface area contributed by atoms with Gasteiger partial charge in [-0.2, -0.15) is 0 Å². The highest BCUT2D eigenvalue weighted by molar-refractivity contribution is 5.73. The van der Waals surface area contributed by atoms with Crippen LogP contribution in [0.15, 0.2) is 181 Å². The molecule has 0 spiro atoms. The number of rotatable bonds is 6. The first-order valence-electron chi connectivity index (χ1n) is 17.9. The molecule has 0 amide bonds. The molecule has 4 aromatic rings. The predicted octanol–water partition coefficient (Wildman–Crippen LogP) is 12.1. The van der Waals surface area contributed by atoms with Crippen molar-refractivity contribution in [3.63, 3.8) is 0 Å². The van der Waals surface area contributed by atoms with Gasteiger partial charge in [0.05, 0.1) is 0 Å². The zero-order chi connectivity index (χ0) is 31.9. The van der Waals surface area contributed by atoms with Crippen molar-refractivity contribution in [2.45, 2.75) is 43.9 Å². The van der Waals surface area contributed by atoms with Crippen molar-refractivity contribution >= 4 is 22.7 Å². The molecule has 0 saturated heterocycles. The van der Waals surface area contributed by atoms with E-state index >= 15 is 0 Å². The molecule has 0 heterocycles. The summed E-state index contributed by atoms with van der Waals surface area (Å²) in [5.74, 6) is 2.41. The van der Waals surface area contributed by atoms with E-state index in [0.29, 0.717) is 29.6 Å². The molecule has 0 radical (unpaired) electrons. The second-order valence-corrected chi connectivity index (χ2v) is 13.9. The molecular weight excluding hydrogens is 581 g/mol. The minimum atomic E-state index is 0.358. The summed E-state index contributed by atoms with van der Waals surface area (Å²) in [5.41, 5.74) is 12.1. The van der Waals surface area contributed by atoms with Gasteiger partial charge in [0, 0.05) is 40.1 Å². The fourth-order valence-corrected chi connectivity index (χ4v) is 9.21. The van der Waals surface area contributed by atoms with Crippen molar-refractivity contribution in [2.75, 3.05) is 9.80 Å². The van der Waals surface area contributed by atoms with Crippen molar-refractivity contribution in [1.29, 1.82) is 0 Å². The van der Waals surface area contributed by atoms with Gasteiger partial charge in [-0.1, -0.05) is 103 Å². The van der Waals surface area contributed by atoms with E-state index in [0.717, 1.165) is 19.3 Å². The number of nitrogens with zero attached hydrogens (tertiary/aromatic N) is 2. The van der Waals surface area contributed by atoms with Crippen molar-refractivity contribution < 1.29 is 0 Å². The lowest BCUT2D eigenvalue weighted by atomic mass is 9.54. The Hall–Kier alpha value is -5.08. The number of hydrogen-bond donors (Lipinski definition) is 0. The molecule has 0 fully saturated rings. The van der Waals surface area contributed by atoms with Crippen molar-refractivity contribution in [1.82, 2.24) is 0 Å². The summed E-state index contributed by atoms with van der Waals surface area (Å²) >= 11 is 0. The smallest absolute Gasteiger partial charge is 0.0464 e. The Balaban J connectivity index is 1.18. The topological polar surface area (TPSA) is 6.48 Å². The number of allylic oxidation sites excluding steroid dienone is 10. The summed E-state index contributed by atoms with van der Waals surface area (Å²) in [5, 5.41) is 0. The van der Waals surface area contributed by atoms with Gasteiger partial charge in [0.1, 0.15) is 0 Å². The Bertz CT molecular complexity index is 1940. The van der Waals surface area contributed by atoms with Crippen LogP contribution in [0.3, 0.4) is 0 Å². The highest BCUT2D eigenvalue weighted by Crippen LogP contribution is 2.59. The van der Waals surface area contributed by atoms with Gasteiger partial charge in [-0.3, -0.25) is 0 Å². The highest BCUT2D eigenvalue weighted by Gasteiger charge is 2.47. The maximum Gasteiger partial charge on any atom is 0.0464 e. The molecule has 0 N–H and O–H groups in total. The summed E-state index contributed by atoms with van der Waals surface area (Å²) in [4.78, 5) is 4.92. The predicted molar refractivity (Wildman–Crippen MR) is 201 cm³/mol. The fraction of sp³-hybridized carbons (Fsp3) is 0.217. The third-order valence-corrected chi connectivity index (χ3v) is 11.2. The Kier molecular flexibility index (Phi) is 7.58. The maximum absolute atomic E-state index is 2.65. The molecule has 4 aromatic carbocycles. The zero-order valence-electron chi connectivity index (χ0n) is 27.4. The zero-order valence-corrected chi connectivity index (χ0v) is 27.4. The fourth-order valence-electron chi connectivity index (χ4n) is 9.21. The van der Waals surface area contributed by atoms with Gasteiger partial charge < -0.3 is 9.80 Å². The van der Waals surface area contributed by atoms with E-state index in [1.165, 1.54) is 52.5 Å². The van der Waals surface area contributed by atoms with Crippen LogP contribution in [-0.2, 0) is 0 Å². The molecule has 9 rings (SSSR count). The average molecular weight is 623 g/mol. The number of benzene rings is 4. The van der Waals surface area contributed by atoms with Crippen LogP contribution in [0.5, 0.6) is 0 Å². The lowest BCUT2D eigenvalue weighted by Gasteiger charge is -2.50. The third-order valence-electron chi connectivity index (χ3n) is 11.2. The van der Waals surface area contributed by atoms with Crippen LogP contribution in [0.2, 0.25) is 0 Å². The van der Waals surface area contributed by atoms with Crippen molar-refractivity contribution in [3.8, 4) is 0 Å². The summed E-state index contributed by atoms with van der Waals surface area (Å²) in [6.07, 6.45) is 27.7. The minimum Gasteiger partial charge on any atom is -0.311 e. The lowest BCUT2D eigenvalue weighted by molar-refractivity contribution is 0.190. The van der Waals surface area contributed by atoms with Crippen molar-refractivity contribution in [2.24, 2.45) is 17.8 Å². The maximum atomic E-state index is 2.65. The second kappa shape index (κ2) is 12.5. The van der Waals surface area contributed by atoms with Gasteiger partial charge in [0.15, 0.2) is 0 Å². The number of anilines is 4. The molecule has 5 aliphatic carbocycles. The molecular formula is C46H42N2. The third kappa shape index (κ3) is 5.11. The van der Waals surface area contributed by atoms with Crippen molar-refractivity contribution in [3.05, 3.63) is 192 Å². The average Bonchev–Trinajstić information content (AvgIpc) is 3.16. The van der Waals surface area contributed by atoms with E-state index in [1.807, 2.05) is 0 Å². The van der Waals surface area contributed by atoms with E-state index in [1.54, 1.807) is 11.1 Å². The van der Waals surface area contributed by atoms with Crippen LogP contribution in [-0.4, -0.2) is 0 Å². The van der Waals surface area contributed by atoms with E-state index in [-0.39, 0.29) is 0 Å². The van der Waals surface area contributed by atoms with Gasteiger partial charge in [-0.25, -0.2) is 0 Å². The monoisotopic (exact) mass is 622 g/mol. The Labute approximate surface area is 285 Å². The molecule has 5 unspecified atom stereocenters. The SMILES string of the molecule is C1=CC(N(c2ccccc2)c2ccc3c(c2)C2CC=C4C=CCCC4C2C2C=C(N(c4ccccc4)c4ccccc4)C=CC32)=CCC1. The minimum absolute atomic E-state index is 0.358. The van der Waals surface area contributed by atoms with Crippen LogP contribution in [0.4, 0.5) is 22.7 Å². The molecule has 5 aliphatic rings. The van der Waals surface area contributed by atoms with Gasteiger partial charge in [-0.15, -0.1) is 0 Å². The number of fused-ring (bicyclic) bond motifs is 8. The quantitative estimate of drug-likeness (QED) is 0.211. The van der Waals surface area contributed by atoms with E-state index in [9.17, 15) is 0 Å². The van der Waals surface area contributed by atoms with Crippen LogP contribution in [0.1, 0.15) is 55.1 Å². The normalized spacial score (nSPS) is 25.0. The van der Waals surface area contributed by atoms with E-state index < -0.39 is 0 Å². The van der Waals surface area contributed by atoms with Crippen LogP contribution >= 0.6 is 0 Å². The first-order chi connectivity index (χ1) is 23.8. The first kappa shape index (κ1) is 29.1. The summed E-state index contributed by atoms with van der Waals surface area (Å²) in [6.45, 7) is 0. The molecule has 2 heteroatoms. The van der Waals surface area contributed by atoms with Gasteiger partial charge in [0.2, 0.25) is 0 Å². The van der Waals surface area contributed by atoms with E-state index in [4.69, 9.17) is 0 Å². The molecule has 236 valence electrons. The molecule has 0 saturated carbocycles. The number of para-hydroxylation sites is 3. The van der Waals surface area contributed by atoms with E-state index in [2.05, 4.69) is 174 Å². The molecule has 0 aromatic heterocycles. The van der Waals surface area contributed by atoms with Crippen LogP contribution < -0.4 is 9.80 Å². The number of hydrogen-bond acceptors (Lipinski definition) is 2. The highest BCUT2D eigenvalue weighted by atomic mass is 15.2. The van der Waals surface area contributed by atoms with Gasteiger partial charge >= 0.3 is 0 Å². The summed E-state index contributed by atoms with van der Waals surface area (Å²) < 4.78 is 0. The Morgan fingerprint density at radius 2 is 1.19 bits per heavy atom. The molecule has 48 heavy (non-hydrogen) atoms. The van der Waals surface area contributed by atoms with Gasteiger partial charge in [0.25, 0.3) is 0 Å². The Morgan fingerprint density at radius 3 is 1.85 bits per heavy atom. The lowest BCUT2D eigenvalue weighted by Crippen LogP contribution is -2.40.